The van der Waals surface area contributed by atoms with Gasteiger partial charge in [-0.25, -0.2) is 0 Å². The van der Waals surface area contributed by atoms with Crippen LogP contribution in [-0.4, -0.2) is 15.6 Å². The summed E-state index contributed by atoms with van der Waals surface area (Å²) in [6, 6.07) is 7.79. The van der Waals surface area contributed by atoms with Crippen LogP contribution >= 0.6 is 0 Å². The summed E-state index contributed by atoms with van der Waals surface area (Å²) in [5, 5.41) is 4.07. The van der Waals surface area contributed by atoms with Crippen molar-refractivity contribution >= 4 is 5.78 Å². The molecule has 3 nitrogen and oxygen atoms in total. The van der Waals surface area contributed by atoms with Gasteiger partial charge in [0.2, 0.25) is 0 Å². The minimum Gasteiger partial charge on any atom is -0.294 e. The topological polar surface area (TPSA) is 34.9 Å². The zero-order valence-corrected chi connectivity index (χ0v) is 10.2. The van der Waals surface area contributed by atoms with Crippen LogP contribution in [0.1, 0.15) is 28.4 Å². The first-order chi connectivity index (χ1) is 8.20. The average molecular weight is 228 g/mol. The molecule has 0 N–H and O–H groups in total. The van der Waals surface area contributed by atoms with Gasteiger partial charge in [-0.2, -0.15) is 5.10 Å². The van der Waals surface area contributed by atoms with E-state index in [1.807, 2.05) is 37.5 Å². The molecule has 1 heterocycles. The number of rotatable bonds is 4. The van der Waals surface area contributed by atoms with E-state index in [4.69, 9.17) is 0 Å². The molecule has 0 unspecified atom stereocenters. The van der Waals surface area contributed by atoms with E-state index in [1.54, 1.807) is 10.9 Å². The molecule has 0 bridgehead atoms. The van der Waals surface area contributed by atoms with E-state index in [2.05, 4.69) is 12.0 Å². The lowest BCUT2D eigenvalue weighted by atomic mass is 9.98. The fourth-order valence-electron chi connectivity index (χ4n) is 1.94. The van der Waals surface area contributed by atoms with Crippen molar-refractivity contribution in [3.63, 3.8) is 0 Å². The molecule has 3 heteroatoms. The third-order valence-corrected chi connectivity index (χ3v) is 2.82. The molecule has 1 aromatic carbocycles. The summed E-state index contributed by atoms with van der Waals surface area (Å²) >= 11 is 0. The molecule has 0 fully saturated rings. The number of Topliss-reactive ketones (excluding diaryl/α,β-unsaturated/α-hetero) is 1. The minimum absolute atomic E-state index is 0.162. The van der Waals surface area contributed by atoms with Crippen molar-refractivity contribution < 1.29 is 4.79 Å². The number of benzene rings is 1. The van der Waals surface area contributed by atoms with Crippen LogP contribution in [0.15, 0.2) is 36.7 Å². The van der Waals surface area contributed by atoms with Crippen molar-refractivity contribution in [2.45, 2.75) is 19.8 Å². The second kappa shape index (κ2) is 4.95. The van der Waals surface area contributed by atoms with Crippen LogP contribution in [0.5, 0.6) is 0 Å². The highest BCUT2D eigenvalue weighted by molar-refractivity contribution is 5.98. The summed E-state index contributed by atoms with van der Waals surface area (Å²) in [5.41, 5.74) is 2.91. The van der Waals surface area contributed by atoms with Gasteiger partial charge in [-0.15, -0.1) is 0 Å². The monoisotopic (exact) mass is 228 g/mol. The maximum Gasteiger partial charge on any atom is 0.167 e. The summed E-state index contributed by atoms with van der Waals surface area (Å²) in [6.45, 7) is 2.07. The Balaban J connectivity index is 2.20. The standard InChI is InChI=1S/C14H16N2O/c1-3-12-6-4-5-7-13(12)14(17)8-11-9-15-16(2)10-11/h4-7,9-10H,3,8H2,1-2H3. The van der Waals surface area contributed by atoms with E-state index in [0.717, 1.165) is 23.1 Å². The van der Waals surface area contributed by atoms with Crippen molar-refractivity contribution in [1.29, 1.82) is 0 Å². The largest absolute Gasteiger partial charge is 0.294 e. The van der Waals surface area contributed by atoms with Gasteiger partial charge in [0.1, 0.15) is 0 Å². The van der Waals surface area contributed by atoms with Crippen LogP contribution in [-0.2, 0) is 19.9 Å². The van der Waals surface area contributed by atoms with E-state index in [1.165, 1.54) is 0 Å². The Morgan fingerprint density at radius 3 is 2.76 bits per heavy atom. The lowest BCUT2D eigenvalue weighted by molar-refractivity contribution is 0.0992. The van der Waals surface area contributed by atoms with Gasteiger partial charge < -0.3 is 0 Å². The number of hydrogen-bond donors (Lipinski definition) is 0. The van der Waals surface area contributed by atoms with Crippen molar-refractivity contribution in [2.75, 3.05) is 0 Å². The molecule has 0 saturated carbocycles. The molecular formula is C14H16N2O. The number of carbonyl (C=O) groups is 1. The summed E-state index contributed by atoms with van der Waals surface area (Å²) < 4.78 is 1.72. The zero-order chi connectivity index (χ0) is 12.3. The summed E-state index contributed by atoms with van der Waals surface area (Å²) in [5.74, 6) is 0.162. The van der Waals surface area contributed by atoms with Crippen LogP contribution in [0, 0.1) is 0 Å². The first kappa shape index (κ1) is 11.6. The van der Waals surface area contributed by atoms with Crippen molar-refractivity contribution in [3.05, 3.63) is 53.3 Å². The Bertz CT molecular complexity index is 529. The Hall–Kier alpha value is -1.90. The van der Waals surface area contributed by atoms with E-state index < -0.39 is 0 Å². The number of ketones is 1. The van der Waals surface area contributed by atoms with E-state index in [-0.39, 0.29) is 5.78 Å². The highest BCUT2D eigenvalue weighted by atomic mass is 16.1. The van der Waals surface area contributed by atoms with Gasteiger partial charge in [-0.1, -0.05) is 31.2 Å². The molecule has 1 aromatic heterocycles. The Morgan fingerprint density at radius 1 is 1.35 bits per heavy atom. The molecule has 0 amide bonds. The molecule has 2 rings (SSSR count). The third-order valence-electron chi connectivity index (χ3n) is 2.82. The molecule has 0 aliphatic heterocycles. The number of aromatic nitrogens is 2. The van der Waals surface area contributed by atoms with Crippen molar-refractivity contribution in [3.8, 4) is 0 Å². The number of hydrogen-bond acceptors (Lipinski definition) is 2. The van der Waals surface area contributed by atoms with E-state index >= 15 is 0 Å². The number of carbonyl (C=O) groups excluding carboxylic acids is 1. The van der Waals surface area contributed by atoms with Crippen LogP contribution in [0.25, 0.3) is 0 Å². The maximum atomic E-state index is 12.2. The predicted molar refractivity (Wildman–Crippen MR) is 67.1 cm³/mol. The van der Waals surface area contributed by atoms with Crippen molar-refractivity contribution in [1.82, 2.24) is 9.78 Å². The molecule has 0 radical (unpaired) electrons. The number of nitrogens with zero attached hydrogens (tertiary/aromatic N) is 2. The van der Waals surface area contributed by atoms with E-state index in [0.29, 0.717) is 6.42 Å². The SMILES string of the molecule is CCc1ccccc1C(=O)Cc1cnn(C)c1. The van der Waals surface area contributed by atoms with Crippen LogP contribution in [0.4, 0.5) is 0 Å². The molecule has 0 aliphatic carbocycles. The van der Waals surface area contributed by atoms with Crippen molar-refractivity contribution in [2.24, 2.45) is 7.05 Å². The molecule has 2 aromatic rings. The maximum absolute atomic E-state index is 12.2. The van der Waals surface area contributed by atoms with Gasteiger partial charge in [0.15, 0.2) is 5.78 Å². The molecule has 17 heavy (non-hydrogen) atoms. The smallest absolute Gasteiger partial charge is 0.167 e. The molecule has 0 saturated heterocycles. The summed E-state index contributed by atoms with van der Waals surface area (Å²) in [7, 11) is 1.86. The molecule has 88 valence electrons. The minimum atomic E-state index is 0.162. The first-order valence-electron chi connectivity index (χ1n) is 5.79. The summed E-state index contributed by atoms with van der Waals surface area (Å²) in [4.78, 5) is 12.2. The van der Waals surface area contributed by atoms with Gasteiger partial charge in [0.25, 0.3) is 0 Å². The van der Waals surface area contributed by atoms with E-state index in [9.17, 15) is 4.79 Å². The highest BCUT2D eigenvalue weighted by Crippen LogP contribution is 2.13. The zero-order valence-electron chi connectivity index (χ0n) is 10.2. The second-order valence-electron chi connectivity index (χ2n) is 4.13. The second-order valence-corrected chi connectivity index (χ2v) is 4.13. The predicted octanol–water partition coefficient (Wildman–Crippen LogP) is 2.41. The van der Waals surface area contributed by atoms with Crippen LogP contribution in [0.3, 0.4) is 0 Å². The Labute approximate surface area is 101 Å². The lowest BCUT2D eigenvalue weighted by Gasteiger charge is -2.05. The molecular weight excluding hydrogens is 212 g/mol. The fraction of sp³-hybridized carbons (Fsp3) is 0.286. The fourth-order valence-corrected chi connectivity index (χ4v) is 1.94. The van der Waals surface area contributed by atoms with Gasteiger partial charge in [-0.05, 0) is 17.5 Å². The van der Waals surface area contributed by atoms with Gasteiger partial charge in [0.05, 0.1) is 6.20 Å². The highest BCUT2D eigenvalue weighted by Gasteiger charge is 2.11. The van der Waals surface area contributed by atoms with Crippen LogP contribution < -0.4 is 0 Å². The lowest BCUT2D eigenvalue weighted by Crippen LogP contribution is -2.06. The van der Waals surface area contributed by atoms with Gasteiger partial charge in [-0.3, -0.25) is 9.48 Å². The third kappa shape index (κ3) is 2.61. The van der Waals surface area contributed by atoms with Gasteiger partial charge >= 0.3 is 0 Å². The Morgan fingerprint density at radius 2 is 2.12 bits per heavy atom. The normalized spacial score (nSPS) is 10.5. The molecule has 0 spiro atoms. The van der Waals surface area contributed by atoms with Gasteiger partial charge in [0, 0.05) is 25.2 Å². The summed E-state index contributed by atoms with van der Waals surface area (Å²) in [6.07, 6.45) is 4.93. The molecule has 0 aliphatic rings. The molecule has 0 atom stereocenters. The quantitative estimate of drug-likeness (QED) is 0.753. The van der Waals surface area contributed by atoms with Crippen LogP contribution in [0.2, 0.25) is 0 Å². The number of aryl methyl sites for hydroxylation is 2. The first-order valence-corrected chi connectivity index (χ1v) is 5.79. The Kier molecular flexibility index (Phi) is 3.38. The average Bonchev–Trinajstić information content (AvgIpc) is 2.74.